The van der Waals surface area contributed by atoms with E-state index in [0.717, 1.165) is 49.6 Å². The van der Waals surface area contributed by atoms with Crippen LogP contribution < -0.4 is 4.90 Å². The van der Waals surface area contributed by atoms with Crippen molar-refractivity contribution in [2.75, 3.05) is 51.3 Å². The van der Waals surface area contributed by atoms with Crippen LogP contribution in [0.15, 0.2) is 22.8 Å². The van der Waals surface area contributed by atoms with Gasteiger partial charge in [0.2, 0.25) is 0 Å². The van der Waals surface area contributed by atoms with Crippen molar-refractivity contribution in [2.45, 2.75) is 0 Å². The summed E-state index contributed by atoms with van der Waals surface area (Å²) in [6, 6.07) is 3.99. The standard InChI is InChI=1S/C12H18BrN3O/c1-17-10-9-15-5-7-16(8-6-15)12-11(13)3-2-4-14-12/h2-4H,5-10H2,1H3. The molecule has 0 aliphatic carbocycles. The molecule has 0 radical (unpaired) electrons. The van der Waals surface area contributed by atoms with Crippen LogP contribution in [0.2, 0.25) is 0 Å². The SMILES string of the molecule is COCCN1CCN(c2ncccc2Br)CC1. The van der Waals surface area contributed by atoms with E-state index in [1.54, 1.807) is 7.11 Å². The van der Waals surface area contributed by atoms with Crippen LogP contribution >= 0.6 is 15.9 Å². The summed E-state index contributed by atoms with van der Waals surface area (Å²) >= 11 is 3.55. The van der Waals surface area contributed by atoms with Crippen LogP contribution in [0.25, 0.3) is 0 Å². The number of aromatic nitrogens is 1. The molecular weight excluding hydrogens is 282 g/mol. The van der Waals surface area contributed by atoms with Gasteiger partial charge < -0.3 is 9.64 Å². The molecule has 1 saturated heterocycles. The summed E-state index contributed by atoms with van der Waals surface area (Å²) in [7, 11) is 1.75. The van der Waals surface area contributed by atoms with Gasteiger partial charge in [0.15, 0.2) is 0 Å². The van der Waals surface area contributed by atoms with E-state index in [1.807, 2.05) is 18.3 Å². The summed E-state index contributed by atoms with van der Waals surface area (Å²) in [5, 5.41) is 0. The molecule has 17 heavy (non-hydrogen) atoms. The molecule has 0 bridgehead atoms. The minimum absolute atomic E-state index is 0.813. The van der Waals surface area contributed by atoms with E-state index < -0.39 is 0 Å². The van der Waals surface area contributed by atoms with Crippen molar-refractivity contribution < 1.29 is 4.74 Å². The van der Waals surface area contributed by atoms with Gasteiger partial charge in [-0.2, -0.15) is 0 Å². The highest BCUT2D eigenvalue weighted by atomic mass is 79.9. The lowest BCUT2D eigenvalue weighted by molar-refractivity contribution is 0.144. The van der Waals surface area contributed by atoms with Crippen LogP contribution in [0, 0.1) is 0 Å². The van der Waals surface area contributed by atoms with Gasteiger partial charge in [0.1, 0.15) is 5.82 Å². The molecule has 0 unspecified atom stereocenters. The Morgan fingerprint density at radius 3 is 2.76 bits per heavy atom. The molecule has 0 atom stereocenters. The van der Waals surface area contributed by atoms with Crippen molar-refractivity contribution in [2.24, 2.45) is 0 Å². The number of methoxy groups -OCH3 is 1. The first kappa shape index (κ1) is 12.8. The summed E-state index contributed by atoms with van der Waals surface area (Å²) in [6.45, 7) is 6.04. The summed E-state index contributed by atoms with van der Waals surface area (Å²) in [6.07, 6.45) is 1.84. The fourth-order valence-electron chi connectivity index (χ4n) is 2.01. The number of ether oxygens (including phenoxy) is 1. The predicted octanol–water partition coefficient (Wildman–Crippen LogP) is 1.61. The van der Waals surface area contributed by atoms with Gasteiger partial charge in [0.05, 0.1) is 11.1 Å². The molecule has 1 aromatic heterocycles. The maximum atomic E-state index is 5.10. The Labute approximate surface area is 111 Å². The molecule has 0 N–H and O–H groups in total. The van der Waals surface area contributed by atoms with Crippen molar-refractivity contribution in [3.63, 3.8) is 0 Å². The number of hydrogen-bond donors (Lipinski definition) is 0. The van der Waals surface area contributed by atoms with Gasteiger partial charge >= 0.3 is 0 Å². The predicted molar refractivity (Wildman–Crippen MR) is 72.5 cm³/mol. The van der Waals surface area contributed by atoms with Gasteiger partial charge in [-0.1, -0.05) is 0 Å². The molecule has 1 aliphatic rings. The molecular formula is C12H18BrN3O. The largest absolute Gasteiger partial charge is 0.383 e. The summed E-state index contributed by atoms with van der Waals surface area (Å²) in [5.74, 6) is 1.05. The molecule has 1 fully saturated rings. The highest BCUT2D eigenvalue weighted by molar-refractivity contribution is 9.10. The van der Waals surface area contributed by atoms with E-state index in [1.165, 1.54) is 0 Å². The van der Waals surface area contributed by atoms with Crippen LogP contribution in [-0.2, 0) is 4.74 Å². The number of nitrogens with zero attached hydrogens (tertiary/aromatic N) is 3. The van der Waals surface area contributed by atoms with Gasteiger partial charge in [0.25, 0.3) is 0 Å². The van der Waals surface area contributed by atoms with Crippen molar-refractivity contribution in [3.8, 4) is 0 Å². The molecule has 1 aromatic rings. The average molecular weight is 300 g/mol. The van der Waals surface area contributed by atoms with Gasteiger partial charge in [-0.15, -0.1) is 0 Å². The Morgan fingerprint density at radius 2 is 2.12 bits per heavy atom. The number of pyridine rings is 1. The first-order valence-corrected chi connectivity index (χ1v) is 6.67. The van der Waals surface area contributed by atoms with Gasteiger partial charge in [0, 0.05) is 46.0 Å². The summed E-state index contributed by atoms with van der Waals surface area (Å²) in [4.78, 5) is 9.18. The third-order valence-corrected chi connectivity index (χ3v) is 3.64. The van der Waals surface area contributed by atoms with E-state index in [9.17, 15) is 0 Å². The third-order valence-electron chi connectivity index (χ3n) is 3.02. The minimum Gasteiger partial charge on any atom is -0.383 e. The molecule has 2 heterocycles. The second-order valence-electron chi connectivity index (χ2n) is 4.13. The number of piperazine rings is 1. The van der Waals surface area contributed by atoms with Crippen molar-refractivity contribution in [3.05, 3.63) is 22.8 Å². The maximum absolute atomic E-state index is 5.10. The smallest absolute Gasteiger partial charge is 0.142 e. The van der Waals surface area contributed by atoms with Crippen LogP contribution in [0.3, 0.4) is 0 Å². The van der Waals surface area contributed by atoms with Crippen LogP contribution in [0.4, 0.5) is 5.82 Å². The van der Waals surface area contributed by atoms with Gasteiger partial charge in [-0.3, -0.25) is 4.90 Å². The molecule has 0 aromatic carbocycles. The zero-order chi connectivity index (χ0) is 12.1. The fourth-order valence-corrected chi connectivity index (χ4v) is 2.52. The van der Waals surface area contributed by atoms with Crippen molar-refractivity contribution in [1.29, 1.82) is 0 Å². The van der Waals surface area contributed by atoms with Gasteiger partial charge in [-0.05, 0) is 28.1 Å². The quantitative estimate of drug-likeness (QED) is 0.845. The zero-order valence-electron chi connectivity index (χ0n) is 10.1. The minimum atomic E-state index is 0.813. The van der Waals surface area contributed by atoms with E-state index in [-0.39, 0.29) is 0 Å². The number of rotatable bonds is 4. The average Bonchev–Trinajstić information content (AvgIpc) is 2.38. The topological polar surface area (TPSA) is 28.6 Å². The van der Waals surface area contributed by atoms with E-state index >= 15 is 0 Å². The Balaban J connectivity index is 1.89. The van der Waals surface area contributed by atoms with Crippen LogP contribution in [0.5, 0.6) is 0 Å². The lowest BCUT2D eigenvalue weighted by Gasteiger charge is -2.35. The van der Waals surface area contributed by atoms with Crippen LogP contribution in [0.1, 0.15) is 0 Å². The molecule has 2 rings (SSSR count). The molecule has 0 amide bonds. The molecule has 1 aliphatic heterocycles. The summed E-state index contributed by atoms with van der Waals surface area (Å²) in [5.41, 5.74) is 0. The lowest BCUT2D eigenvalue weighted by Crippen LogP contribution is -2.47. The third kappa shape index (κ3) is 3.40. The van der Waals surface area contributed by atoms with Gasteiger partial charge in [-0.25, -0.2) is 4.98 Å². The monoisotopic (exact) mass is 299 g/mol. The molecule has 0 saturated carbocycles. The Hall–Kier alpha value is -0.650. The second-order valence-corrected chi connectivity index (χ2v) is 4.98. The Bertz CT molecular complexity index is 353. The highest BCUT2D eigenvalue weighted by Gasteiger charge is 2.18. The summed E-state index contributed by atoms with van der Waals surface area (Å²) < 4.78 is 6.17. The van der Waals surface area contributed by atoms with Crippen molar-refractivity contribution >= 4 is 21.7 Å². The fraction of sp³-hybridized carbons (Fsp3) is 0.583. The van der Waals surface area contributed by atoms with E-state index in [4.69, 9.17) is 4.74 Å². The first-order valence-electron chi connectivity index (χ1n) is 5.88. The Kier molecular flexibility index (Phi) is 4.76. The number of anilines is 1. The zero-order valence-corrected chi connectivity index (χ0v) is 11.7. The highest BCUT2D eigenvalue weighted by Crippen LogP contribution is 2.23. The second kappa shape index (κ2) is 6.33. The van der Waals surface area contributed by atoms with Crippen LogP contribution in [-0.4, -0.2) is 56.3 Å². The van der Waals surface area contributed by atoms with Crippen molar-refractivity contribution in [1.82, 2.24) is 9.88 Å². The number of halogens is 1. The number of hydrogen-bond acceptors (Lipinski definition) is 4. The van der Waals surface area contributed by atoms with E-state index in [0.29, 0.717) is 0 Å². The Morgan fingerprint density at radius 1 is 1.35 bits per heavy atom. The maximum Gasteiger partial charge on any atom is 0.142 e. The first-order chi connectivity index (χ1) is 8.31. The lowest BCUT2D eigenvalue weighted by atomic mass is 10.3. The normalized spacial score (nSPS) is 17.4. The van der Waals surface area contributed by atoms with E-state index in [2.05, 4.69) is 30.7 Å². The molecule has 0 spiro atoms. The molecule has 94 valence electrons. The molecule has 5 heteroatoms. The molecule has 4 nitrogen and oxygen atoms in total.